The number of rotatable bonds is 6. The van der Waals surface area contributed by atoms with Crippen LogP contribution in [0.1, 0.15) is 21.7 Å². The smallest absolute Gasteiger partial charge is 0.258 e. The van der Waals surface area contributed by atoms with Gasteiger partial charge in [-0.1, -0.05) is 12.0 Å². The minimum atomic E-state index is -0.219. The molecule has 30 heavy (non-hydrogen) atoms. The highest BCUT2D eigenvalue weighted by molar-refractivity contribution is 5.94. The van der Waals surface area contributed by atoms with Crippen LogP contribution in [-0.2, 0) is 6.54 Å². The molecule has 150 valence electrons. The molecule has 0 atom stereocenters. The molecule has 0 saturated heterocycles. The van der Waals surface area contributed by atoms with Crippen LogP contribution in [0.3, 0.4) is 0 Å². The SMILES string of the molecule is C#CCN(Cc1ccc2nc(C)[nH]c(=O)c2c1)c1ccc(C(=O)N(C)CC#N)cc1. The van der Waals surface area contributed by atoms with Crippen LogP contribution >= 0.6 is 0 Å². The van der Waals surface area contributed by atoms with Crippen molar-refractivity contribution in [1.29, 1.82) is 5.26 Å². The largest absolute Gasteiger partial charge is 0.356 e. The Hall–Kier alpha value is -4.10. The summed E-state index contributed by atoms with van der Waals surface area (Å²) in [4.78, 5) is 34.9. The Balaban J connectivity index is 1.85. The number of amides is 1. The number of terminal acetylenes is 1. The van der Waals surface area contributed by atoms with E-state index in [9.17, 15) is 9.59 Å². The molecule has 0 aliphatic carbocycles. The average molecular weight is 399 g/mol. The Morgan fingerprint density at radius 3 is 2.60 bits per heavy atom. The Morgan fingerprint density at radius 1 is 1.20 bits per heavy atom. The highest BCUT2D eigenvalue weighted by Gasteiger charge is 2.13. The number of anilines is 1. The van der Waals surface area contributed by atoms with Gasteiger partial charge in [0.1, 0.15) is 12.4 Å². The third kappa shape index (κ3) is 4.48. The van der Waals surface area contributed by atoms with Crippen molar-refractivity contribution in [3.63, 3.8) is 0 Å². The van der Waals surface area contributed by atoms with Crippen molar-refractivity contribution in [3.05, 3.63) is 69.8 Å². The lowest BCUT2D eigenvalue weighted by Crippen LogP contribution is -2.27. The first-order chi connectivity index (χ1) is 14.4. The van der Waals surface area contributed by atoms with Crippen molar-refractivity contribution < 1.29 is 4.79 Å². The fourth-order valence-electron chi connectivity index (χ4n) is 3.18. The minimum Gasteiger partial charge on any atom is -0.356 e. The number of nitriles is 1. The standard InChI is InChI=1S/C23H21N5O2/c1-4-12-28(19-8-6-18(7-9-19)23(30)27(3)13-11-24)15-17-5-10-21-20(14-17)22(29)26-16(2)25-21/h1,5-10,14H,12-13,15H2,2-3H3,(H,25,26,29). The van der Waals surface area contributed by atoms with Crippen LogP contribution in [0.4, 0.5) is 5.69 Å². The third-order valence-corrected chi connectivity index (χ3v) is 4.68. The summed E-state index contributed by atoms with van der Waals surface area (Å²) in [5, 5.41) is 9.28. The number of hydrogen-bond acceptors (Lipinski definition) is 5. The molecule has 1 aromatic heterocycles. The molecule has 1 heterocycles. The first kappa shape index (κ1) is 20.6. The van der Waals surface area contributed by atoms with Gasteiger partial charge in [0.15, 0.2) is 0 Å². The molecule has 0 spiro atoms. The number of aryl methyl sites for hydroxylation is 1. The van der Waals surface area contributed by atoms with Gasteiger partial charge in [0, 0.05) is 24.8 Å². The molecule has 0 aliphatic heterocycles. The quantitative estimate of drug-likeness (QED) is 0.508. The van der Waals surface area contributed by atoms with Crippen LogP contribution in [0.5, 0.6) is 0 Å². The maximum Gasteiger partial charge on any atom is 0.258 e. The number of nitrogens with zero attached hydrogens (tertiary/aromatic N) is 4. The van der Waals surface area contributed by atoms with Crippen LogP contribution in [-0.4, -0.2) is 40.9 Å². The Morgan fingerprint density at radius 2 is 1.93 bits per heavy atom. The molecule has 1 N–H and O–H groups in total. The molecule has 0 bridgehead atoms. The van der Waals surface area contributed by atoms with Gasteiger partial charge in [0.05, 0.1) is 23.5 Å². The van der Waals surface area contributed by atoms with E-state index in [0.29, 0.717) is 35.4 Å². The van der Waals surface area contributed by atoms with Crippen molar-refractivity contribution in [1.82, 2.24) is 14.9 Å². The second-order valence-electron chi connectivity index (χ2n) is 6.93. The summed E-state index contributed by atoms with van der Waals surface area (Å²) in [6, 6.07) is 14.6. The number of fused-ring (bicyclic) bond motifs is 1. The Kier molecular flexibility index (Phi) is 6.14. The average Bonchev–Trinajstić information content (AvgIpc) is 2.73. The fourth-order valence-corrected chi connectivity index (χ4v) is 3.18. The molecule has 7 heteroatoms. The van der Waals surface area contributed by atoms with Gasteiger partial charge in [-0.3, -0.25) is 9.59 Å². The van der Waals surface area contributed by atoms with Crippen LogP contribution in [0.15, 0.2) is 47.3 Å². The summed E-state index contributed by atoms with van der Waals surface area (Å²) in [7, 11) is 1.59. The molecular formula is C23H21N5O2. The molecule has 0 unspecified atom stereocenters. The lowest BCUT2D eigenvalue weighted by atomic mass is 10.1. The zero-order valence-corrected chi connectivity index (χ0v) is 16.8. The predicted molar refractivity (Wildman–Crippen MR) is 116 cm³/mol. The number of nitrogens with one attached hydrogen (secondary N) is 1. The number of carbonyl (C=O) groups excluding carboxylic acids is 1. The third-order valence-electron chi connectivity index (χ3n) is 4.68. The normalized spacial score (nSPS) is 10.3. The Bertz CT molecular complexity index is 1220. The fraction of sp³-hybridized carbons (Fsp3) is 0.217. The molecule has 3 rings (SSSR count). The van der Waals surface area contributed by atoms with Crippen LogP contribution < -0.4 is 10.5 Å². The zero-order valence-electron chi connectivity index (χ0n) is 16.8. The number of aromatic nitrogens is 2. The number of benzene rings is 2. The summed E-state index contributed by atoms with van der Waals surface area (Å²) in [5.74, 6) is 3.00. The number of carbonyl (C=O) groups is 1. The lowest BCUT2D eigenvalue weighted by molar-refractivity contribution is 0.0812. The highest BCUT2D eigenvalue weighted by atomic mass is 16.2. The molecule has 0 radical (unpaired) electrons. The first-order valence-electron chi connectivity index (χ1n) is 9.33. The van der Waals surface area contributed by atoms with Gasteiger partial charge in [0.2, 0.25) is 0 Å². The van der Waals surface area contributed by atoms with E-state index in [-0.39, 0.29) is 18.0 Å². The highest BCUT2D eigenvalue weighted by Crippen LogP contribution is 2.20. The maximum atomic E-state index is 12.3. The second-order valence-corrected chi connectivity index (χ2v) is 6.93. The van der Waals surface area contributed by atoms with Crippen molar-refractivity contribution in [2.75, 3.05) is 25.0 Å². The number of aromatic amines is 1. The topological polar surface area (TPSA) is 93.1 Å². The van der Waals surface area contributed by atoms with Crippen LogP contribution in [0, 0.1) is 30.6 Å². The summed E-state index contributed by atoms with van der Waals surface area (Å²) in [6.07, 6.45) is 5.55. The van der Waals surface area contributed by atoms with E-state index in [0.717, 1.165) is 11.3 Å². The van der Waals surface area contributed by atoms with Gasteiger partial charge in [-0.25, -0.2) is 4.98 Å². The predicted octanol–water partition coefficient (Wildman–Crippen LogP) is 2.47. The summed E-state index contributed by atoms with van der Waals surface area (Å²) in [6.45, 7) is 2.63. The van der Waals surface area contributed by atoms with E-state index in [1.807, 2.05) is 41.3 Å². The van der Waals surface area contributed by atoms with E-state index >= 15 is 0 Å². The van der Waals surface area contributed by atoms with Crippen molar-refractivity contribution in [3.8, 4) is 18.4 Å². The molecule has 0 saturated carbocycles. The van der Waals surface area contributed by atoms with Gasteiger partial charge in [-0.05, 0) is 48.9 Å². The summed E-state index contributed by atoms with van der Waals surface area (Å²) < 4.78 is 0. The molecular weight excluding hydrogens is 378 g/mol. The monoisotopic (exact) mass is 399 g/mol. The van der Waals surface area contributed by atoms with E-state index in [4.69, 9.17) is 11.7 Å². The summed E-state index contributed by atoms with van der Waals surface area (Å²) >= 11 is 0. The van der Waals surface area contributed by atoms with Crippen LogP contribution in [0.25, 0.3) is 10.9 Å². The summed E-state index contributed by atoms with van der Waals surface area (Å²) in [5.41, 5.74) is 2.74. The molecule has 0 fully saturated rings. The van der Waals surface area contributed by atoms with E-state index in [1.54, 1.807) is 26.1 Å². The lowest BCUT2D eigenvalue weighted by Gasteiger charge is -2.23. The first-order valence-corrected chi connectivity index (χ1v) is 9.33. The van der Waals surface area contributed by atoms with Gasteiger partial charge in [0.25, 0.3) is 11.5 Å². The van der Waals surface area contributed by atoms with E-state index < -0.39 is 0 Å². The molecule has 3 aromatic rings. The van der Waals surface area contributed by atoms with Crippen molar-refractivity contribution in [2.24, 2.45) is 0 Å². The maximum absolute atomic E-state index is 12.3. The second kappa shape index (κ2) is 8.93. The molecule has 7 nitrogen and oxygen atoms in total. The van der Waals surface area contributed by atoms with Crippen molar-refractivity contribution >= 4 is 22.5 Å². The molecule has 0 aliphatic rings. The molecule has 2 aromatic carbocycles. The zero-order chi connectivity index (χ0) is 21.7. The van der Waals surface area contributed by atoms with Gasteiger partial charge < -0.3 is 14.8 Å². The Labute approximate surface area is 174 Å². The van der Waals surface area contributed by atoms with E-state index in [2.05, 4.69) is 15.9 Å². The van der Waals surface area contributed by atoms with Gasteiger partial charge in [-0.2, -0.15) is 5.26 Å². The molecule has 1 amide bonds. The number of hydrogen-bond donors (Lipinski definition) is 1. The van der Waals surface area contributed by atoms with Crippen LogP contribution in [0.2, 0.25) is 0 Å². The van der Waals surface area contributed by atoms with Crippen molar-refractivity contribution in [2.45, 2.75) is 13.5 Å². The van der Waals surface area contributed by atoms with E-state index in [1.165, 1.54) is 4.90 Å². The van der Waals surface area contributed by atoms with Gasteiger partial charge in [-0.15, -0.1) is 6.42 Å². The minimum absolute atomic E-state index is 0.0271. The van der Waals surface area contributed by atoms with Gasteiger partial charge >= 0.3 is 0 Å². The number of H-pyrrole nitrogens is 1.